The molecule has 2 atom stereocenters. The fraction of sp³-hybridized carbons (Fsp3) is 0.538. The highest BCUT2D eigenvalue weighted by Crippen LogP contribution is 2.40. The van der Waals surface area contributed by atoms with Crippen LogP contribution in [0.25, 0.3) is 0 Å². The van der Waals surface area contributed by atoms with Gasteiger partial charge in [0.05, 0.1) is 12.6 Å². The van der Waals surface area contributed by atoms with Gasteiger partial charge in [-0.2, -0.15) is 0 Å². The number of nitrogens with zero attached hydrogens (tertiary/aromatic N) is 5. The predicted molar refractivity (Wildman–Crippen MR) is 137 cm³/mol. The van der Waals surface area contributed by atoms with Crippen LogP contribution in [-0.2, 0) is 11.3 Å². The van der Waals surface area contributed by atoms with Gasteiger partial charge in [0.15, 0.2) is 5.82 Å². The number of aromatic nitrogens is 4. The van der Waals surface area contributed by atoms with E-state index in [1.54, 1.807) is 11.0 Å². The van der Waals surface area contributed by atoms with Gasteiger partial charge in [0.25, 0.3) is 0 Å². The molecule has 0 saturated heterocycles. The van der Waals surface area contributed by atoms with Crippen LogP contribution in [-0.4, -0.2) is 49.0 Å². The third-order valence-electron chi connectivity index (χ3n) is 6.79. The summed E-state index contributed by atoms with van der Waals surface area (Å²) < 4.78 is 14.0. The summed E-state index contributed by atoms with van der Waals surface area (Å²) in [5, 5.41) is 10.3. The number of hydrogen-bond donors (Lipinski definition) is 0. The van der Waals surface area contributed by atoms with E-state index in [1.165, 1.54) is 0 Å². The molecule has 3 aliphatic rings. The molecule has 0 bridgehead atoms. The van der Waals surface area contributed by atoms with E-state index in [2.05, 4.69) is 25.8 Å². The van der Waals surface area contributed by atoms with Crippen LogP contribution in [0.15, 0.2) is 41.5 Å². The standard InChI is InChI=1S/C26H31Cl2N5O3/c1-26(2,3)36-25(34)32-14-17-13-18(27)9-12-20(17)33-22(15-32)30-31-24(33)16-7-10-19(11-8-16)35-23-6-4-5-21(28)29-23/h4-6,9,12-13,16-17,19-20H,7-8,10-11,14-15H2,1-3H3/t16-,17?,19-,20?. The molecule has 10 heteroatoms. The number of ether oxygens (including phenoxy) is 2. The Morgan fingerprint density at radius 1 is 1.11 bits per heavy atom. The monoisotopic (exact) mass is 531 g/mol. The van der Waals surface area contributed by atoms with Crippen molar-refractivity contribution in [3.63, 3.8) is 0 Å². The molecule has 2 unspecified atom stereocenters. The molecule has 2 aromatic rings. The quantitative estimate of drug-likeness (QED) is 0.449. The van der Waals surface area contributed by atoms with E-state index in [9.17, 15) is 4.79 Å². The van der Waals surface area contributed by atoms with Gasteiger partial charge < -0.3 is 14.0 Å². The van der Waals surface area contributed by atoms with Gasteiger partial charge in [-0.3, -0.25) is 4.90 Å². The molecule has 3 heterocycles. The summed E-state index contributed by atoms with van der Waals surface area (Å²) in [5.41, 5.74) is -0.580. The lowest BCUT2D eigenvalue weighted by molar-refractivity contribution is 0.0216. The van der Waals surface area contributed by atoms with Gasteiger partial charge in [-0.25, -0.2) is 9.78 Å². The first-order valence-electron chi connectivity index (χ1n) is 12.4. The topological polar surface area (TPSA) is 82.4 Å². The molecular formula is C26H31Cl2N5O3. The van der Waals surface area contributed by atoms with Crippen molar-refractivity contribution >= 4 is 29.3 Å². The van der Waals surface area contributed by atoms with Crippen LogP contribution >= 0.6 is 23.2 Å². The minimum absolute atomic E-state index is 0.000376. The van der Waals surface area contributed by atoms with Gasteiger partial charge in [0.1, 0.15) is 22.7 Å². The van der Waals surface area contributed by atoms with Crippen molar-refractivity contribution in [2.75, 3.05) is 6.54 Å². The summed E-state index contributed by atoms with van der Waals surface area (Å²) in [6.07, 6.45) is 9.40. The molecule has 2 aromatic heterocycles. The molecular weight excluding hydrogens is 501 g/mol. The second kappa shape index (κ2) is 10.1. The van der Waals surface area contributed by atoms with Crippen LogP contribution < -0.4 is 4.74 Å². The minimum Gasteiger partial charge on any atom is -0.474 e. The van der Waals surface area contributed by atoms with Crippen molar-refractivity contribution in [2.24, 2.45) is 5.92 Å². The molecule has 8 nitrogen and oxygen atoms in total. The average molecular weight is 532 g/mol. The molecule has 36 heavy (non-hydrogen) atoms. The fourth-order valence-corrected chi connectivity index (χ4v) is 5.59. The summed E-state index contributed by atoms with van der Waals surface area (Å²) >= 11 is 12.4. The summed E-state index contributed by atoms with van der Waals surface area (Å²) in [4.78, 5) is 19.0. The van der Waals surface area contributed by atoms with Crippen LogP contribution in [0.4, 0.5) is 4.79 Å². The molecule has 1 aliphatic heterocycles. The maximum Gasteiger partial charge on any atom is 0.410 e. The minimum atomic E-state index is -0.580. The van der Waals surface area contributed by atoms with E-state index in [1.807, 2.05) is 45.1 Å². The molecule has 5 rings (SSSR count). The Morgan fingerprint density at radius 2 is 1.89 bits per heavy atom. The van der Waals surface area contributed by atoms with Gasteiger partial charge in [0, 0.05) is 29.5 Å². The second-order valence-corrected chi connectivity index (χ2v) is 11.5. The number of fused-ring (bicyclic) bond motifs is 3. The zero-order chi connectivity index (χ0) is 25.4. The predicted octanol–water partition coefficient (Wildman–Crippen LogP) is 6.03. The highest BCUT2D eigenvalue weighted by molar-refractivity contribution is 6.31. The Bertz CT molecular complexity index is 1180. The zero-order valence-corrected chi connectivity index (χ0v) is 22.2. The first kappa shape index (κ1) is 25.1. The Labute approximate surface area is 221 Å². The third-order valence-corrected chi connectivity index (χ3v) is 7.25. The number of hydrogen-bond acceptors (Lipinski definition) is 6. The van der Waals surface area contributed by atoms with Crippen LogP contribution in [0.1, 0.15) is 70.1 Å². The number of rotatable bonds is 3. The average Bonchev–Trinajstić information content (AvgIpc) is 3.14. The molecule has 1 saturated carbocycles. The highest BCUT2D eigenvalue weighted by atomic mass is 35.5. The summed E-state index contributed by atoms with van der Waals surface area (Å²) in [7, 11) is 0. The number of carbonyl (C=O) groups is 1. The van der Waals surface area contributed by atoms with Crippen molar-refractivity contribution in [2.45, 2.75) is 76.7 Å². The summed E-state index contributed by atoms with van der Waals surface area (Å²) in [5.74, 6) is 2.53. The smallest absolute Gasteiger partial charge is 0.410 e. The molecule has 0 aromatic carbocycles. The van der Waals surface area contributed by atoms with Crippen LogP contribution in [0.3, 0.4) is 0 Å². The Morgan fingerprint density at radius 3 is 2.61 bits per heavy atom. The second-order valence-electron chi connectivity index (χ2n) is 10.7. The van der Waals surface area contributed by atoms with Gasteiger partial charge >= 0.3 is 6.09 Å². The van der Waals surface area contributed by atoms with Crippen LogP contribution in [0.2, 0.25) is 5.15 Å². The fourth-order valence-electron chi connectivity index (χ4n) is 5.20. The molecule has 1 amide bonds. The number of pyridine rings is 1. The molecule has 0 spiro atoms. The molecule has 1 fully saturated rings. The van der Waals surface area contributed by atoms with E-state index in [0.29, 0.717) is 29.2 Å². The van der Waals surface area contributed by atoms with E-state index in [4.69, 9.17) is 32.7 Å². The summed E-state index contributed by atoms with van der Waals surface area (Å²) in [6, 6.07) is 5.41. The first-order chi connectivity index (χ1) is 17.2. The Hall–Kier alpha value is -2.58. The number of carbonyl (C=O) groups excluding carboxylic acids is 1. The highest BCUT2D eigenvalue weighted by Gasteiger charge is 2.38. The SMILES string of the molecule is CC(C)(C)OC(=O)N1Cc2nnc([C@H]3CC[C@H](Oc4cccc(Cl)n4)CC3)n2C2C=CC(Cl)=CC2C1. The van der Waals surface area contributed by atoms with Gasteiger partial charge in [-0.15, -0.1) is 10.2 Å². The number of allylic oxidation sites excluding steroid dienone is 3. The molecule has 0 N–H and O–H groups in total. The third kappa shape index (κ3) is 5.54. The summed E-state index contributed by atoms with van der Waals surface area (Å²) in [6.45, 7) is 6.45. The van der Waals surface area contributed by atoms with E-state index in [-0.39, 0.29) is 30.1 Å². The zero-order valence-electron chi connectivity index (χ0n) is 20.7. The lowest BCUT2D eigenvalue weighted by atomic mass is 9.86. The maximum absolute atomic E-state index is 13.0. The van der Waals surface area contributed by atoms with Crippen LogP contribution in [0, 0.1) is 5.92 Å². The number of amides is 1. The van der Waals surface area contributed by atoms with Gasteiger partial charge in [-0.05, 0) is 58.6 Å². The first-order valence-corrected chi connectivity index (χ1v) is 13.2. The van der Waals surface area contributed by atoms with E-state index >= 15 is 0 Å². The Kier molecular flexibility index (Phi) is 7.01. The van der Waals surface area contributed by atoms with Crippen LogP contribution in [0.5, 0.6) is 5.88 Å². The van der Waals surface area contributed by atoms with E-state index in [0.717, 1.165) is 37.3 Å². The van der Waals surface area contributed by atoms with E-state index < -0.39 is 5.60 Å². The molecule has 192 valence electrons. The van der Waals surface area contributed by atoms with Gasteiger partial charge in [0.2, 0.25) is 5.88 Å². The largest absolute Gasteiger partial charge is 0.474 e. The van der Waals surface area contributed by atoms with Crippen molar-refractivity contribution in [3.8, 4) is 5.88 Å². The van der Waals surface area contributed by atoms with Crippen molar-refractivity contribution < 1.29 is 14.3 Å². The number of halogens is 2. The normalized spacial score (nSPS) is 25.9. The van der Waals surface area contributed by atoms with Crippen molar-refractivity contribution in [1.29, 1.82) is 0 Å². The lowest BCUT2D eigenvalue weighted by Gasteiger charge is -2.32. The Balaban J connectivity index is 1.35. The maximum atomic E-state index is 13.0. The van der Waals surface area contributed by atoms with Gasteiger partial charge in [-0.1, -0.05) is 41.4 Å². The molecule has 2 aliphatic carbocycles. The molecule has 0 radical (unpaired) electrons. The lowest BCUT2D eigenvalue weighted by Crippen LogP contribution is -2.38. The van der Waals surface area contributed by atoms with Crippen molar-refractivity contribution in [1.82, 2.24) is 24.6 Å². The van der Waals surface area contributed by atoms with Crippen molar-refractivity contribution in [3.05, 3.63) is 58.3 Å².